The summed E-state index contributed by atoms with van der Waals surface area (Å²) in [6, 6.07) is 7.37. The van der Waals surface area contributed by atoms with Crippen molar-refractivity contribution in [2.45, 2.75) is 26.7 Å². The highest BCUT2D eigenvalue weighted by atomic mass is 35.5. The quantitative estimate of drug-likeness (QED) is 0.860. The van der Waals surface area contributed by atoms with Crippen LogP contribution in [0, 0.1) is 6.92 Å². The molecule has 2 rings (SSSR count). The normalized spacial score (nSPS) is 11.2. The van der Waals surface area contributed by atoms with Crippen LogP contribution in [-0.2, 0) is 0 Å². The third-order valence-corrected chi connectivity index (χ3v) is 3.49. The lowest BCUT2D eigenvalue weighted by molar-refractivity contribution is 0.0698. The maximum Gasteiger partial charge on any atom is 0.336 e. The molecule has 0 heterocycles. The van der Waals surface area contributed by atoms with E-state index in [4.69, 9.17) is 11.6 Å². The van der Waals surface area contributed by atoms with Crippen LogP contribution in [0.2, 0.25) is 5.02 Å². The molecule has 0 radical (unpaired) electrons. The molecule has 1 N–H and O–H groups in total. The van der Waals surface area contributed by atoms with Gasteiger partial charge in [-0.3, -0.25) is 0 Å². The molecule has 0 bridgehead atoms. The molecule has 0 fully saturated rings. The molecule has 0 aromatic carbocycles. The Morgan fingerprint density at radius 1 is 1.28 bits per heavy atom. The molecule has 2 nitrogen and oxygen atoms in total. The molecule has 0 atom stereocenters. The lowest BCUT2D eigenvalue weighted by Gasteiger charge is -2.03. The minimum Gasteiger partial charge on any atom is -0.478 e. The number of aryl methyl sites for hydroxylation is 1. The van der Waals surface area contributed by atoms with Crippen LogP contribution in [0.25, 0.3) is 11.1 Å². The predicted octanol–water partition coefficient (Wildman–Crippen LogP) is 4.57. The zero-order valence-corrected chi connectivity index (χ0v) is 11.4. The topological polar surface area (TPSA) is 37.3 Å². The molecule has 0 unspecified atom stereocenters. The summed E-state index contributed by atoms with van der Waals surface area (Å²) in [7, 11) is 0. The summed E-state index contributed by atoms with van der Waals surface area (Å²) < 4.78 is 0. The third kappa shape index (κ3) is 2.08. The molecule has 0 spiro atoms. The summed E-state index contributed by atoms with van der Waals surface area (Å²) in [6.45, 7) is 6.12. The van der Waals surface area contributed by atoms with E-state index in [1.807, 2.05) is 25.1 Å². The fraction of sp³-hybridized carbons (Fsp3) is 0.267. The van der Waals surface area contributed by atoms with Crippen LogP contribution in [0.15, 0.2) is 24.3 Å². The van der Waals surface area contributed by atoms with Gasteiger partial charge in [-0.05, 0) is 41.7 Å². The number of aromatic carboxylic acids is 1. The monoisotopic (exact) mass is 262 g/mol. The van der Waals surface area contributed by atoms with Gasteiger partial charge in [-0.25, -0.2) is 4.79 Å². The molecule has 0 saturated heterocycles. The SMILES string of the molecule is Cc1cc(Cl)c2c(C(=O)O)ccc(C(C)C)cc1-2. The molecule has 3 heteroatoms. The van der Waals surface area contributed by atoms with Gasteiger partial charge in [-0.2, -0.15) is 0 Å². The number of carboxylic acid groups (broad SMARTS) is 1. The van der Waals surface area contributed by atoms with Gasteiger partial charge in [-0.1, -0.05) is 37.6 Å². The Morgan fingerprint density at radius 2 is 1.94 bits per heavy atom. The van der Waals surface area contributed by atoms with Crippen LogP contribution >= 0.6 is 11.6 Å². The fourth-order valence-corrected chi connectivity index (χ4v) is 2.51. The van der Waals surface area contributed by atoms with Crippen LogP contribution < -0.4 is 0 Å². The molecule has 0 amide bonds. The van der Waals surface area contributed by atoms with Crippen LogP contribution in [-0.4, -0.2) is 11.1 Å². The molecule has 0 aromatic heterocycles. The van der Waals surface area contributed by atoms with Crippen molar-refractivity contribution in [2.75, 3.05) is 0 Å². The van der Waals surface area contributed by atoms with E-state index < -0.39 is 5.97 Å². The lowest BCUT2D eigenvalue weighted by atomic mass is 10.0. The molecule has 0 aliphatic heterocycles. The van der Waals surface area contributed by atoms with E-state index in [1.165, 1.54) is 0 Å². The molecule has 0 aromatic rings. The van der Waals surface area contributed by atoms with Crippen molar-refractivity contribution in [3.05, 3.63) is 46.0 Å². The second-order valence-corrected chi connectivity index (χ2v) is 5.22. The number of fused-ring (bicyclic) bond motifs is 1. The van der Waals surface area contributed by atoms with Crippen LogP contribution in [0.5, 0.6) is 0 Å². The largest absolute Gasteiger partial charge is 0.478 e. The van der Waals surface area contributed by atoms with Crippen LogP contribution in [0.3, 0.4) is 0 Å². The van der Waals surface area contributed by atoms with E-state index in [1.54, 1.807) is 6.07 Å². The van der Waals surface area contributed by atoms with Crippen LogP contribution in [0.4, 0.5) is 0 Å². The van der Waals surface area contributed by atoms with E-state index >= 15 is 0 Å². The van der Waals surface area contributed by atoms with E-state index in [9.17, 15) is 9.90 Å². The first-order chi connectivity index (χ1) is 8.41. The number of hydrogen-bond acceptors (Lipinski definition) is 1. The minimum atomic E-state index is -0.946. The predicted molar refractivity (Wildman–Crippen MR) is 73.9 cm³/mol. The van der Waals surface area contributed by atoms with E-state index in [0.717, 1.165) is 16.7 Å². The van der Waals surface area contributed by atoms with Gasteiger partial charge in [0, 0.05) is 10.6 Å². The van der Waals surface area contributed by atoms with Gasteiger partial charge in [0.05, 0.1) is 5.56 Å². The Balaban J connectivity index is 2.83. The average Bonchev–Trinajstić information content (AvgIpc) is 2.50. The number of carbonyl (C=O) groups is 1. The van der Waals surface area contributed by atoms with Gasteiger partial charge in [0.15, 0.2) is 0 Å². The second kappa shape index (κ2) is 4.62. The first-order valence-electron chi connectivity index (χ1n) is 5.88. The molecule has 2 aliphatic carbocycles. The van der Waals surface area contributed by atoms with Crippen molar-refractivity contribution >= 4 is 17.6 Å². The van der Waals surface area contributed by atoms with Gasteiger partial charge in [0.2, 0.25) is 0 Å². The summed E-state index contributed by atoms with van der Waals surface area (Å²) in [6.07, 6.45) is 0. The molecule has 18 heavy (non-hydrogen) atoms. The van der Waals surface area contributed by atoms with Crippen molar-refractivity contribution in [3.63, 3.8) is 0 Å². The Bertz CT molecular complexity index is 588. The average molecular weight is 263 g/mol. The van der Waals surface area contributed by atoms with Crippen molar-refractivity contribution in [1.29, 1.82) is 0 Å². The Hall–Kier alpha value is -1.54. The summed E-state index contributed by atoms with van der Waals surface area (Å²) in [5.41, 5.74) is 3.93. The zero-order chi connectivity index (χ0) is 13.4. The fourth-order valence-electron chi connectivity index (χ4n) is 2.14. The highest BCUT2D eigenvalue weighted by molar-refractivity contribution is 6.35. The smallest absolute Gasteiger partial charge is 0.336 e. The molecule has 0 saturated carbocycles. The standard InChI is InChI=1S/C15H15ClO2/c1-8(2)10-4-5-11(15(17)18)14-12(7-10)9(3)6-13(14)16/h4-8H,1-3H3,(H,17,18). The second-order valence-electron chi connectivity index (χ2n) is 4.82. The van der Waals surface area contributed by atoms with Gasteiger partial charge in [-0.15, -0.1) is 0 Å². The zero-order valence-electron chi connectivity index (χ0n) is 10.6. The summed E-state index contributed by atoms with van der Waals surface area (Å²) in [5, 5.41) is 9.80. The number of hydrogen-bond donors (Lipinski definition) is 1. The van der Waals surface area contributed by atoms with Crippen molar-refractivity contribution in [1.82, 2.24) is 0 Å². The maximum absolute atomic E-state index is 11.3. The highest BCUT2D eigenvalue weighted by Crippen LogP contribution is 2.39. The Labute approximate surface area is 112 Å². The first kappa shape index (κ1) is 12.9. The molecular weight excluding hydrogens is 248 g/mol. The van der Waals surface area contributed by atoms with Crippen molar-refractivity contribution in [2.24, 2.45) is 0 Å². The Kier molecular flexibility index (Phi) is 3.31. The molecule has 94 valence electrons. The van der Waals surface area contributed by atoms with Crippen LogP contribution in [0.1, 0.15) is 41.3 Å². The highest BCUT2D eigenvalue weighted by Gasteiger charge is 2.20. The maximum atomic E-state index is 11.3. The summed E-state index contributed by atoms with van der Waals surface area (Å²) >= 11 is 6.15. The van der Waals surface area contributed by atoms with Gasteiger partial charge < -0.3 is 5.11 Å². The van der Waals surface area contributed by atoms with Gasteiger partial charge in [0.25, 0.3) is 0 Å². The van der Waals surface area contributed by atoms with E-state index in [2.05, 4.69) is 13.8 Å². The van der Waals surface area contributed by atoms with Gasteiger partial charge >= 0.3 is 5.97 Å². The van der Waals surface area contributed by atoms with Crippen molar-refractivity contribution in [3.8, 4) is 11.1 Å². The number of rotatable bonds is 2. The summed E-state index contributed by atoms with van der Waals surface area (Å²) in [4.78, 5) is 11.3. The number of carboxylic acids is 1. The third-order valence-electron chi connectivity index (χ3n) is 3.20. The summed E-state index contributed by atoms with van der Waals surface area (Å²) in [5.74, 6) is -0.603. The Morgan fingerprint density at radius 3 is 2.50 bits per heavy atom. The van der Waals surface area contributed by atoms with E-state index in [0.29, 0.717) is 16.5 Å². The van der Waals surface area contributed by atoms with E-state index in [-0.39, 0.29) is 5.56 Å². The first-order valence-corrected chi connectivity index (χ1v) is 6.25. The molecular formula is C15H15ClO2. The van der Waals surface area contributed by atoms with Crippen molar-refractivity contribution < 1.29 is 9.90 Å². The lowest BCUT2D eigenvalue weighted by Crippen LogP contribution is -1.96. The minimum absolute atomic E-state index is 0.259. The van der Waals surface area contributed by atoms with Gasteiger partial charge in [0.1, 0.15) is 0 Å². The number of halogens is 1. The molecule has 2 aliphatic rings.